The van der Waals surface area contributed by atoms with Crippen molar-refractivity contribution in [3.8, 4) is 0 Å². The molecule has 0 spiro atoms. The van der Waals surface area contributed by atoms with Crippen molar-refractivity contribution in [3.63, 3.8) is 0 Å². The number of hydrogen-bond acceptors (Lipinski definition) is 3. The lowest BCUT2D eigenvalue weighted by Crippen LogP contribution is -2.30. The standard InChI is InChI=1S/C10H18O3S/c1-3-13-10(11)8(2)14(12)9-6-4-5-7-9/h8-9H,3-7H2,1-2H3. The van der Waals surface area contributed by atoms with Gasteiger partial charge >= 0.3 is 5.97 Å². The monoisotopic (exact) mass is 218 g/mol. The fraction of sp³-hybridized carbons (Fsp3) is 0.900. The smallest absolute Gasteiger partial charge is 0.321 e. The highest BCUT2D eigenvalue weighted by molar-refractivity contribution is 7.87. The van der Waals surface area contributed by atoms with Crippen molar-refractivity contribution >= 4 is 16.8 Å². The summed E-state index contributed by atoms with van der Waals surface area (Å²) < 4.78 is 16.7. The fourth-order valence-corrected chi connectivity index (χ4v) is 3.40. The molecule has 14 heavy (non-hydrogen) atoms. The van der Waals surface area contributed by atoms with Gasteiger partial charge in [0.2, 0.25) is 0 Å². The Morgan fingerprint density at radius 3 is 2.57 bits per heavy atom. The summed E-state index contributed by atoms with van der Waals surface area (Å²) >= 11 is 0. The summed E-state index contributed by atoms with van der Waals surface area (Å²) in [4.78, 5) is 11.3. The number of hydrogen-bond donors (Lipinski definition) is 0. The largest absolute Gasteiger partial charge is 0.465 e. The zero-order valence-corrected chi connectivity index (χ0v) is 9.64. The van der Waals surface area contributed by atoms with Crippen LogP contribution >= 0.6 is 0 Å². The molecular formula is C10H18O3S. The Hall–Kier alpha value is -0.380. The zero-order valence-electron chi connectivity index (χ0n) is 8.82. The molecule has 0 aromatic carbocycles. The molecule has 0 heterocycles. The molecule has 2 atom stereocenters. The minimum absolute atomic E-state index is 0.217. The average molecular weight is 218 g/mol. The van der Waals surface area contributed by atoms with Gasteiger partial charge in [-0.1, -0.05) is 12.8 Å². The third kappa shape index (κ3) is 2.80. The lowest BCUT2D eigenvalue weighted by Gasteiger charge is -2.14. The van der Waals surface area contributed by atoms with Crippen molar-refractivity contribution < 1.29 is 13.7 Å². The first-order valence-electron chi connectivity index (χ1n) is 5.22. The molecular weight excluding hydrogens is 200 g/mol. The van der Waals surface area contributed by atoms with Gasteiger partial charge in [-0.2, -0.15) is 0 Å². The number of carbonyl (C=O) groups is 1. The minimum atomic E-state index is -1.05. The van der Waals surface area contributed by atoms with Crippen molar-refractivity contribution in [2.75, 3.05) is 6.61 Å². The summed E-state index contributed by atoms with van der Waals surface area (Å²) in [5.74, 6) is -0.322. The Bertz CT molecular complexity index is 221. The van der Waals surface area contributed by atoms with Crippen LogP contribution in [0.5, 0.6) is 0 Å². The van der Waals surface area contributed by atoms with Crippen LogP contribution in [0.2, 0.25) is 0 Å². The van der Waals surface area contributed by atoms with Crippen LogP contribution in [0.25, 0.3) is 0 Å². The Morgan fingerprint density at radius 1 is 1.50 bits per heavy atom. The first-order chi connectivity index (χ1) is 6.66. The molecule has 0 aliphatic heterocycles. The van der Waals surface area contributed by atoms with Crippen LogP contribution in [0, 0.1) is 0 Å². The van der Waals surface area contributed by atoms with Crippen molar-refractivity contribution in [2.45, 2.75) is 50.0 Å². The maximum absolute atomic E-state index is 11.9. The molecule has 82 valence electrons. The molecule has 1 saturated carbocycles. The van der Waals surface area contributed by atoms with E-state index < -0.39 is 16.0 Å². The Kier molecular flexibility index (Phi) is 4.58. The van der Waals surface area contributed by atoms with Crippen LogP contribution in [0.4, 0.5) is 0 Å². The molecule has 0 radical (unpaired) electrons. The van der Waals surface area contributed by atoms with Gasteiger partial charge in [-0.05, 0) is 26.7 Å². The van der Waals surface area contributed by atoms with Crippen LogP contribution in [0.3, 0.4) is 0 Å². The van der Waals surface area contributed by atoms with Crippen LogP contribution in [-0.4, -0.2) is 27.3 Å². The van der Waals surface area contributed by atoms with E-state index >= 15 is 0 Å². The van der Waals surface area contributed by atoms with Gasteiger partial charge in [0.15, 0.2) is 0 Å². The molecule has 0 bridgehead atoms. The van der Waals surface area contributed by atoms with E-state index in [1.807, 2.05) is 0 Å². The summed E-state index contributed by atoms with van der Waals surface area (Å²) in [5.41, 5.74) is 0. The molecule has 1 aliphatic rings. The van der Waals surface area contributed by atoms with Gasteiger partial charge in [-0.15, -0.1) is 0 Å². The second kappa shape index (κ2) is 5.49. The van der Waals surface area contributed by atoms with Crippen LogP contribution in [0.15, 0.2) is 0 Å². The first-order valence-corrected chi connectivity index (χ1v) is 6.50. The summed E-state index contributed by atoms with van der Waals surface area (Å²) in [7, 11) is -1.05. The van der Waals surface area contributed by atoms with Gasteiger partial charge in [-0.25, -0.2) is 0 Å². The molecule has 0 aromatic heterocycles. The summed E-state index contributed by atoms with van der Waals surface area (Å²) in [6, 6.07) is 0. The average Bonchev–Trinajstić information content (AvgIpc) is 2.68. The van der Waals surface area contributed by atoms with Crippen molar-refractivity contribution in [3.05, 3.63) is 0 Å². The predicted molar refractivity (Wildman–Crippen MR) is 56.5 cm³/mol. The number of esters is 1. The van der Waals surface area contributed by atoms with Crippen LogP contribution in [0.1, 0.15) is 39.5 Å². The van der Waals surface area contributed by atoms with Gasteiger partial charge in [0.25, 0.3) is 0 Å². The van der Waals surface area contributed by atoms with E-state index in [4.69, 9.17) is 4.74 Å². The van der Waals surface area contributed by atoms with E-state index in [9.17, 15) is 9.00 Å². The van der Waals surface area contributed by atoms with Gasteiger partial charge in [0.05, 0.1) is 6.61 Å². The van der Waals surface area contributed by atoms with Crippen LogP contribution in [-0.2, 0) is 20.3 Å². The summed E-state index contributed by atoms with van der Waals surface area (Å²) in [6.45, 7) is 3.83. The molecule has 1 aliphatic carbocycles. The Labute approximate surface area is 87.7 Å². The third-order valence-electron chi connectivity index (χ3n) is 2.60. The normalized spacial score (nSPS) is 21.9. The second-order valence-electron chi connectivity index (χ2n) is 3.63. The molecule has 0 saturated heterocycles. The van der Waals surface area contributed by atoms with Gasteiger partial charge in [-0.3, -0.25) is 9.00 Å². The highest BCUT2D eigenvalue weighted by atomic mass is 32.2. The van der Waals surface area contributed by atoms with E-state index in [0.717, 1.165) is 25.7 Å². The molecule has 3 nitrogen and oxygen atoms in total. The molecule has 4 heteroatoms. The van der Waals surface area contributed by atoms with Gasteiger partial charge in [0.1, 0.15) is 5.25 Å². The highest BCUT2D eigenvalue weighted by Gasteiger charge is 2.29. The van der Waals surface area contributed by atoms with E-state index in [1.165, 1.54) is 0 Å². The summed E-state index contributed by atoms with van der Waals surface area (Å²) in [6.07, 6.45) is 4.28. The van der Waals surface area contributed by atoms with E-state index in [0.29, 0.717) is 6.61 Å². The van der Waals surface area contributed by atoms with Gasteiger partial charge < -0.3 is 4.74 Å². The maximum atomic E-state index is 11.9. The number of ether oxygens (including phenoxy) is 1. The molecule has 0 amide bonds. The lowest BCUT2D eigenvalue weighted by molar-refractivity contribution is -0.142. The fourth-order valence-electron chi connectivity index (χ4n) is 1.76. The summed E-state index contributed by atoms with van der Waals surface area (Å²) in [5, 5.41) is -0.243. The quantitative estimate of drug-likeness (QED) is 0.674. The molecule has 2 unspecified atom stereocenters. The number of carbonyl (C=O) groups excluding carboxylic acids is 1. The zero-order chi connectivity index (χ0) is 10.6. The van der Waals surface area contributed by atoms with E-state index in [-0.39, 0.29) is 11.2 Å². The van der Waals surface area contributed by atoms with Crippen LogP contribution < -0.4 is 0 Å². The first kappa shape index (κ1) is 11.7. The number of rotatable bonds is 4. The topological polar surface area (TPSA) is 43.4 Å². The molecule has 0 aromatic rings. The van der Waals surface area contributed by atoms with Gasteiger partial charge in [0, 0.05) is 16.0 Å². The van der Waals surface area contributed by atoms with Crippen molar-refractivity contribution in [1.82, 2.24) is 0 Å². The van der Waals surface area contributed by atoms with E-state index in [1.54, 1.807) is 13.8 Å². The molecule has 1 rings (SSSR count). The minimum Gasteiger partial charge on any atom is -0.465 e. The Balaban J connectivity index is 2.46. The van der Waals surface area contributed by atoms with E-state index in [2.05, 4.69) is 0 Å². The molecule has 1 fully saturated rings. The Morgan fingerprint density at radius 2 is 2.07 bits per heavy atom. The molecule has 0 N–H and O–H groups in total. The SMILES string of the molecule is CCOC(=O)C(C)S(=O)C1CCCC1. The third-order valence-corrected chi connectivity index (χ3v) is 4.62. The lowest BCUT2D eigenvalue weighted by atomic mass is 10.4. The highest BCUT2D eigenvalue weighted by Crippen LogP contribution is 2.25. The van der Waals surface area contributed by atoms with Crippen molar-refractivity contribution in [2.24, 2.45) is 0 Å². The predicted octanol–water partition coefficient (Wildman–Crippen LogP) is 1.63. The maximum Gasteiger partial charge on any atom is 0.321 e. The van der Waals surface area contributed by atoms with Crippen molar-refractivity contribution in [1.29, 1.82) is 0 Å². The second-order valence-corrected chi connectivity index (χ2v) is 5.66.